The van der Waals surface area contributed by atoms with Crippen molar-refractivity contribution in [2.24, 2.45) is 0 Å². The van der Waals surface area contributed by atoms with Crippen molar-refractivity contribution in [2.45, 2.75) is 6.92 Å². The van der Waals surface area contributed by atoms with Crippen molar-refractivity contribution < 1.29 is 9.53 Å². The van der Waals surface area contributed by atoms with Gasteiger partial charge < -0.3 is 10.1 Å². The summed E-state index contributed by atoms with van der Waals surface area (Å²) in [7, 11) is 1.57. The van der Waals surface area contributed by atoms with Gasteiger partial charge in [-0.1, -0.05) is 29.5 Å². The van der Waals surface area contributed by atoms with Crippen LogP contribution >= 0.6 is 11.3 Å². The third-order valence-corrected chi connectivity index (χ3v) is 4.79. The zero-order valence-electron chi connectivity index (χ0n) is 14.1. The molecule has 8 heteroatoms. The van der Waals surface area contributed by atoms with Gasteiger partial charge in [-0.25, -0.2) is 0 Å². The highest BCUT2D eigenvalue weighted by atomic mass is 32.1. The van der Waals surface area contributed by atoms with Crippen LogP contribution in [0.1, 0.15) is 16.2 Å². The first-order valence-corrected chi connectivity index (χ1v) is 8.70. The minimum Gasteiger partial charge on any atom is -0.497 e. The lowest BCUT2D eigenvalue weighted by atomic mass is 10.1. The fourth-order valence-electron chi connectivity index (χ4n) is 2.53. The Morgan fingerprint density at radius 3 is 2.81 bits per heavy atom. The van der Waals surface area contributed by atoms with Gasteiger partial charge in [-0.2, -0.15) is 9.61 Å². The molecule has 0 bridgehead atoms. The second-order valence-electron chi connectivity index (χ2n) is 5.62. The van der Waals surface area contributed by atoms with Gasteiger partial charge >= 0.3 is 0 Å². The number of hydrogen-bond acceptors (Lipinski definition) is 6. The molecule has 130 valence electrons. The number of benzene rings is 2. The Hall–Kier alpha value is -3.26. The number of fused-ring (bicyclic) bond motifs is 1. The lowest BCUT2D eigenvalue weighted by molar-refractivity contribution is 0.102. The molecule has 0 fully saturated rings. The van der Waals surface area contributed by atoms with Gasteiger partial charge in [0.05, 0.1) is 7.11 Å². The molecule has 1 N–H and O–H groups in total. The molecule has 0 atom stereocenters. The minimum atomic E-state index is -0.199. The molecule has 4 rings (SSSR count). The SMILES string of the molecule is COc1cccc(C(=O)Nc2cccc(-c3nn4c(C)nnc4s3)c2)c1. The molecular formula is C18H15N5O2S. The number of aromatic nitrogens is 4. The maximum Gasteiger partial charge on any atom is 0.255 e. The average Bonchev–Trinajstić information content (AvgIpc) is 3.24. The molecule has 2 heterocycles. The van der Waals surface area contributed by atoms with Gasteiger partial charge in [-0.3, -0.25) is 4.79 Å². The zero-order valence-corrected chi connectivity index (χ0v) is 14.9. The number of carbonyl (C=O) groups excluding carboxylic acids is 1. The van der Waals surface area contributed by atoms with Crippen LogP contribution in [0.4, 0.5) is 5.69 Å². The van der Waals surface area contributed by atoms with E-state index in [9.17, 15) is 4.79 Å². The maximum atomic E-state index is 12.5. The van der Waals surface area contributed by atoms with E-state index >= 15 is 0 Å². The quantitative estimate of drug-likeness (QED) is 0.599. The van der Waals surface area contributed by atoms with Gasteiger partial charge in [-0.15, -0.1) is 10.2 Å². The predicted molar refractivity (Wildman–Crippen MR) is 99.8 cm³/mol. The van der Waals surface area contributed by atoms with E-state index in [2.05, 4.69) is 20.6 Å². The van der Waals surface area contributed by atoms with Crippen LogP contribution in [-0.2, 0) is 0 Å². The molecule has 0 aliphatic rings. The molecule has 0 spiro atoms. The Morgan fingerprint density at radius 2 is 2.00 bits per heavy atom. The van der Waals surface area contributed by atoms with Crippen LogP contribution in [0, 0.1) is 6.92 Å². The molecule has 2 aromatic heterocycles. The zero-order chi connectivity index (χ0) is 18.1. The van der Waals surface area contributed by atoms with E-state index < -0.39 is 0 Å². The van der Waals surface area contributed by atoms with Crippen LogP contribution in [0.2, 0.25) is 0 Å². The third-order valence-electron chi connectivity index (χ3n) is 3.85. The molecule has 4 aromatic rings. The first kappa shape index (κ1) is 16.2. The number of hydrogen-bond donors (Lipinski definition) is 1. The third kappa shape index (κ3) is 3.02. The second-order valence-corrected chi connectivity index (χ2v) is 6.57. The van der Waals surface area contributed by atoms with Gasteiger partial charge in [0, 0.05) is 16.8 Å². The normalized spacial score (nSPS) is 10.8. The molecule has 0 radical (unpaired) electrons. The van der Waals surface area contributed by atoms with Crippen molar-refractivity contribution in [3.05, 3.63) is 59.9 Å². The van der Waals surface area contributed by atoms with E-state index in [1.807, 2.05) is 31.2 Å². The van der Waals surface area contributed by atoms with Crippen LogP contribution in [-0.4, -0.2) is 32.8 Å². The smallest absolute Gasteiger partial charge is 0.255 e. The highest BCUT2D eigenvalue weighted by molar-refractivity contribution is 7.19. The number of anilines is 1. The largest absolute Gasteiger partial charge is 0.497 e. The second kappa shape index (κ2) is 6.57. The van der Waals surface area contributed by atoms with Crippen LogP contribution < -0.4 is 10.1 Å². The summed E-state index contributed by atoms with van der Waals surface area (Å²) in [5.74, 6) is 1.18. The van der Waals surface area contributed by atoms with Crippen LogP contribution in [0.15, 0.2) is 48.5 Å². The summed E-state index contributed by atoms with van der Waals surface area (Å²) in [5, 5.41) is 16.3. The predicted octanol–water partition coefficient (Wildman–Crippen LogP) is 3.42. The van der Waals surface area contributed by atoms with Crippen LogP contribution in [0.25, 0.3) is 15.5 Å². The number of nitrogens with zero attached hydrogens (tertiary/aromatic N) is 4. The van der Waals surface area contributed by atoms with Crippen molar-refractivity contribution in [3.8, 4) is 16.3 Å². The first-order chi connectivity index (χ1) is 12.6. The Balaban J connectivity index is 1.60. The lowest BCUT2D eigenvalue weighted by Crippen LogP contribution is -2.11. The Morgan fingerprint density at radius 1 is 1.15 bits per heavy atom. The monoisotopic (exact) mass is 365 g/mol. The van der Waals surface area contributed by atoms with E-state index in [0.717, 1.165) is 21.4 Å². The number of nitrogens with one attached hydrogen (secondary N) is 1. The summed E-state index contributed by atoms with van der Waals surface area (Å²) in [4.78, 5) is 13.2. The Bertz CT molecular complexity index is 1100. The molecule has 26 heavy (non-hydrogen) atoms. The standard InChI is InChI=1S/C18H15N5O2S/c1-11-20-21-18-23(11)22-17(26-18)13-6-3-7-14(9-13)19-16(24)12-5-4-8-15(10-12)25-2/h3-10H,1-2H3,(H,19,24). The summed E-state index contributed by atoms with van der Waals surface area (Å²) in [6.45, 7) is 1.86. The first-order valence-electron chi connectivity index (χ1n) is 7.89. The number of rotatable bonds is 4. The van der Waals surface area contributed by atoms with E-state index in [0.29, 0.717) is 17.0 Å². The molecule has 2 aromatic carbocycles. The van der Waals surface area contributed by atoms with Gasteiger partial charge in [0.2, 0.25) is 4.96 Å². The average molecular weight is 365 g/mol. The topological polar surface area (TPSA) is 81.4 Å². The lowest BCUT2D eigenvalue weighted by Gasteiger charge is -2.07. The summed E-state index contributed by atoms with van der Waals surface area (Å²) in [6.07, 6.45) is 0. The van der Waals surface area contributed by atoms with Crippen molar-refractivity contribution >= 4 is 27.9 Å². The maximum absolute atomic E-state index is 12.5. The van der Waals surface area contributed by atoms with E-state index in [1.165, 1.54) is 11.3 Å². The van der Waals surface area contributed by atoms with Crippen LogP contribution in [0.5, 0.6) is 5.75 Å². The van der Waals surface area contributed by atoms with Gasteiger partial charge in [-0.05, 0) is 37.3 Å². The van der Waals surface area contributed by atoms with Gasteiger partial charge in [0.15, 0.2) is 5.82 Å². The van der Waals surface area contributed by atoms with Crippen molar-refractivity contribution in [1.82, 2.24) is 19.8 Å². The van der Waals surface area contributed by atoms with Crippen molar-refractivity contribution in [3.63, 3.8) is 0 Å². The fourth-order valence-corrected chi connectivity index (χ4v) is 3.41. The molecular weight excluding hydrogens is 350 g/mol. The molecule has 0 saturated heterocycles. The fraction of sp³-hybridized carbons (Fsp3) is 0.111. The molecule has 0 unspecified atom stereocenters. The van der Waals surface area contributed by atoms with Gasteiger partial charge in [0.25, 0.3) is 5.91 Å². The molecule has 7 nitrogen and oxygen atoms in total. The number of ether oxygens (including phenoxy) is 1. The molecule has 0 aliphatic heterocycles. The highest BCUT2D eigenvalue weighted by Crippen LogP contribution is 2.27. The van der Waals surface area contributed by atoms with E-state index in [1.54, 1.807) is 35.9 Å². The summed E-state index contributed by atoms with van der Waals surface area (Å²) in [5.41, 5.74) is 2.13. The Labute approximate surface area is 153 Å². The summed E-state index contributed by atoms with van der Waals surface area (Å²) < 4.78 is 6.87. The molecule has 1 amide bonds. The van der Waals surface area contributed by atoms with E-state index in [4.69, 9.17) is 4.74 Å². The minimum absolute atomic E-state index is 0.199. The molecule has 0 aliphatic carbocycles. The van der Waals surface area contributed by atoms with Crippen LogP contribution in [0.3, 0.4) is 0 Å². The van der Waals surface area contributed by atoms with Gasteiger partial charge in [0.1, 0.15) is 10.8 Å². The highest BCUT2D eigenvalue weighted by Gasteiger charge is 2.12. The number of amides is 1. The van der Waals surface area contributed by atoms with E-state index in [-0.39, 0.29) is 5.91 Å². The number of aryl methyl sites for hydroxylation is 1. The summed E-state index contributed by atoms with van der Waals surface area (Å²) >= 11 is 1.45. The number of carbonyl (C=O) groups is 1. The summed E-state index contributed by atoms with van der Waals surface area (Å²) in [6, 6.07) is 14.6. The van der Waals surface area contributed by atoms with Crippen molar-refractivity contribution in [2.75, 3.05) is 12.4 Å². The Kier molecular flexibility index (Phi) is 4.10. The van der Waals surface area contributed by atoms with Crippen molar-refractivity contribution in [1.29, 1.82) is 0 Å². The molecule has 0 saturated carbocycles. The number of methoxy groups -OCH3 is 1.